The second-order valence-electron chi connectivity index (χ2n) is 4.87. The zero-order valence-corrected chi connectivity index (χ0v) is 14.0. The van der Waals surface area contributed by atoms with Crippen LogP contribution in [0.5, 0.6) is 0 Å². The highest BCUT2D eigenvalue weighted by Crippen LogP contribution is 2.33. The SMILES string of the molecule is C[n+]1c2n(n(-c3c(Cl)cc(Cl)cc3Cl)c1=S)CCCC2. The van der Waals surface area contributed by atoms with Crippen molar-refractivity contribution in [2.75, 3.05) is 0 Å². The van der Waals surface area contributed by atoms with Crippen LogP contribution in [0.1, 0.15) is 18.7 Å². The van der Waals surface area contributed by atoms with Crippen molar-refractivity contribution in [3.8, 4) is 5.69 Å². The lowest BCUT2D eigenvalue weighted by atomic mass is 10.2. The Hall–Kier alpha value is -0.550. The Labute approximate surface area is 137 Å². The van der Waals surface area contributed by atoms with Gasteiger partial charge >= 0.3 is 4.77 Å². The molecule has 0 saturated carbocycles. The molecule has 0 radical (unpaired) electrons. The standard InChI is InChI=1S/C13H13Cl3N3S/c1-17-11-4-2-3-5-18(11)19(13(17)20)12-9(15)6-8(14)7-10(12)16/h6-7H,2-5H2,1H3/q+1. The number of benzene rings is 1. The van der Waals surface area contributed by atoms with Gasteiger partial charge in [-0.1, -0.05) is 39.5 Å². The van der Waals surface area contributed by atoms with E-state index in [1.165, 1.54) is 12.2 Å². The molecule has 0 N–H and O–H groups in total. The molecule has 0 amide bonds. The monoisotopic (exact) mass is 348 g/mol. The summed E-state index contributed by atoms with van der Waals surface area (Å²) in [6.45, 7) is 0.912. The van der Waals surface area contributed by atoms with Gasteiger partial charge in [-0.15, -0.1) is 4.68 Å². The average Bonchev–Trinajstić information content (AvgIpc) is 2.64. The summed E-state index contributed by atoms with van der Waals surface area (Å²) in [5.41, 5.74) is 0.700. The molecule has 7 heteroatoms. The van der Waals surface area contributed by atoms with Gasteiger partial charge in [0.05, 0.1) is 17.1 Å². The maximum absolute atomic E-state index is 6.33. The molecule has 0 spiro atoms. The second kappa shape index (κ2) is 5.34. The highest BCUT2D eigenvalue weighted by Gasteiger charge is 2.29. The molecule has 1 aliphatic heterocycles. The Morgan fingerprint density at radius 1 is 1.15 bits per heavy atom. The Kier molecular flexibility index (Phi) is 3.84. The van der Waals surface area contributed by atoms with E-state index in [9.17, 15) is 0 Å². The summed E-state index contributed by atoms with van der Waals surface area (Å²) in [7, 11) is 1.98. The molecule has 1 aromatic heterocycles. The summed E-state index contributed by atoms with van der Waals surface area (Å²) in [5.74, 6) is 1.20. The van der Waals surface area contributed by atoms with Crippen molar-refractivity contribution in [1.29, 1.82) is 0 Å². The lowest BCUT2D eigenvalue weighted by molar-refractivity contribution is -0.687. The van der Waals surface area contributed by atoms with Crippen LogP contribution in [0.4, 0.5) is 0 Å². The smallest absolute Gasteiger partial charge is 0.224 e. The molecule has 0 saturated heterocycles. The van der Waals surface area contributed by atoms with E-state index in [1.54, 1.807) is 12.1 Å². The summed E-state index contributed by atoms with van der Waals surface area (Å²) in [5, 5.41) is 1.53. The number of nitrogens with zero attached hydrogens (tertiary/aromatic N) is 3. The van der Waals surface area contributed by atoms with E-state index >= 15 is 0 Å². The van der Waals surface area contributed by atoms with Crippen molar-refractivity contribution in [3.05, 3.63) is 37.8 Å². The number of hydrogen-bond donors (Lipinski definition) is 0. The second-order valence-corrected chi connectivity index (χ2v) is 6.48. The predicted octanol–water partition coefficient (Wildman–Crippen LogP) is 4.13. The van der Waals surface area contributed by atoms with Gasteiger partial charge in [0.2, 0.25) is 5.82 Å². The van der Waals surface area contributed by atoms with Gasteiger partial charge in [-0.25, -0.2) is 4.57 Å². The van der Waals surface area contributed by atoms with Gasteiger partial charge in [-0.3, -0.25) is 0 Å². The minimum atomic E-state index is 0.505. The van der Waals surface area contributed by atoms with E-state index < -0.39 is 0 Å². The Bertz CT molecular complexity index is 725. The molecule has 3 nitrogen and oxygen atoms in total. The Morgan fingerprint density at radius 3 is 2.45 bits per heavy atom. The zero-order valence-electron chi connectivity index (χ0n) is 10.9. The maximum atomic E-state index is 6.33. The van der Waals surface area contributed by atoms with E-state index in [0.717, 1.165) is 19.4 Å². The largest absolute Gasteiger partial charge is 0.331 e. The maximum Gasteiger partial charge on any atom is 0.331 e. The first-order chi connectivity index (χ1) is 9.50. The molecule has 106 valence electrons. The number of hydrogen-bond acceptors (Lipinski definition) is 1. The van der Waals surface area contributed by atoms with E-state index in [1.807, 2.05) is 16.3 Å². The van der Waals surface area contributed by atoms with Crippen molar-refractivity contribution in [3.63, 3.8) is 0 Å². The van der Waals surface area contributed by atoms with Gasteiger partial charge in [0.25, 0.3) is 0 Å². The minimum Gasteiger partial charge on any atom is -0.224 e. The van der Waals surface area contributed by atoms with Crippen LogP contribution >= 0.6 is 47.0 Å². The fourth-order valence-electron chi connectivity index (χ4n) is 2.67. The lowest BCUT2D eigenvalue weighted by Gasteiger charge is -2.12. The third-order valence-corrected chi connectivity index (χ3v) is 4.85. The van der Waals surface area contributed by atoms with Crippen molar-refractivity contribution in [2.24, 2.45) is 7.05 Å². The van der Waals surface area contributed by atoms with Gasteiger partial charge in [-0.2, -0.15) is 0 Å². The van der Waals surface area contributed by atoms with Crippen LogP contribution in [0.3, 0.4) is 0 Å². The van der Waals surface area contributed by atoms with Gasteiger partial charge in [0, 0.05) is 11.4 Å². The van der Waals surface area contributed by atoms with E-state index in [2.05, 4.69) is 4.68 Å². The molecule has 0 atom stereocenters. The van der Waals surface area contributed by atoms with E-state index in [4.69, 9.17) is 47.0 Å². The topological polar surface area (TPSA) is 13.7 Å². The molecule has 0 aliphatic carbocycles. The van der Waals surface area contributed by atoms with Crippen molar-refractivity contribution < 1.29 is 4.57 Å². The van der Waals surface area contributed by atoms with Crippen molar-refractivity contribution in [2.45, 2.75) is 25.8 Å². The Morgan fingerprint density at radius 2 is 1.80 bits per heavy atom. The molecular weight excluding hydrogens is 337 g/mol. The summed E-state index contributed by atoms with van der Waals surface area (Å²) in [6, 6.07) is 3.38. The lowest BCUT2D eigenvalue weighted by Crippen LogP contribution is -2.34. The molecule has 1 aromatic carbocycles. The van der Waals surface area contributed by atoms with Gasteiger partial charge in [-0.05, 0) is 37.2 Å². The fraction of sp³-hybridized carbons (Fsp3) is 0.385. The predicted molar refractivity (Wildman–Crippen MR) is 83.7 cm³/mol. The highest BCUT2D eigenvalue weighted by atomic mass is 35.5. The molecule has 2 heterocycles. The van der Waals surface area contributed by atoms with Crippen LogP contribution in [-0.2, 0) is 20.0 Å². The van der Waals surface area contributed by atoms with Crippen LogP contribution in [0.15, 0.2) is 12.1 Å². The van der Waals surface area contributed by atoms with Crippen molar-refractivity contribution >= 4 is 47.0 Å². The zero-order chi connectivity index (χ0) is 14.4. The summed E-state index contributed by atoms with van der Waals surface area (Å²) in [6.07, 6.45) is 3.31. The molecule has 1 aliphatic rings. The third-order valence-electron chi connectivity index (χ3n) is 3.61. The van der Waals surface area contributed by atoms with Crippen molar-refractivity contribution in [1.82, 2.24) is 9.36 Å². The van der Waals surface area contributed by atoms with Gasteiger partial charge < -0.3 is 0 Å². The summed E-state index contributed by atoms with van der Waals surface area (Å²) >= 11 is 24.2. The first-order valence-electron chi connectivity index (χ1n) is 6.36. The minimum absolute atomic E-state index is 0.505. The first kappa shape index (κ1) is 14.4. The molecule has 20 heavy (non-hydrogen) atoms. The quantitative estimate of drug-likeness (QED) is 0.557. The van der Waals surface area contributed by atoms with Crippen LogP contribution in [0.25, 0.3) is 5.69 Å². The van der Waals surface area contributed by atoms with Crippen LogP contribution in [0.2, 0.25) is 15.1 Å². The number of fused-ring (bicyclic) bond motifs is 1. The summed E-state index contributed by atoms with van der Waals surface area (Å²) < 4.78 is 6.79. The highest BCUT2D eigenvalue weighted by molar-refractivity contribution is 7.71. The number of aromatic nitrogens is 3. The molecule has 0 bridgehead atoms. The number of halogens is 3. The van der Waals surface area contributed by atoms with Crippen LogP contribution in [-0.4, -0.2) is 9.36 Å². The molecular formula is C13H13Cl3N3S+. The molecule has 0 unspecified atom stereocenters. The molecule has 2 aromatic rings. The van der Waals surface area contributed by atoms with E-state index in [-0.39, 0.29) is 0 Å². The average molecular weight is 350 g/mol. The van der Waals surface area contributed by atoms with Gasteiger partial charge in [0.15, 0.2) is 5.69 Å². The van der Waals surface area contributed by atoms with Crippen LogP contribution in [0, 0.1) is 4.77 Å². The molecule has 0 fully saturated rings. The van der Waals surface area contributed by atoms with Gasteiger partial charge in [0.1, 0.15) is 6.54 Å². The third kappa shape index (κ3) is 2.19. The normalized spacial score (nSPS) is 14.4. The fourth-order valence-corrected chi connectivity index (χ4v) is 3.94. The number of rotatable bonds is 1. The van der Waals surface area contributed by atoms with E-state index in [0.29, 0.717) is 25.5 Å². The Balaban J connectivity index is 2.34. The summed E-state index contributed by atoms with van der Waals surface area (Å²) in [4.78, 5) is 0. The van der Waals surface area contributed by atoms with Crippen LogP contribution < -0.4 is 4.57 Å². The first-order valence-corrected chi connectivity index (χ1v) is 7.90. The molecule has 3 rings (SSSR count).